The maximum absolute atomic E-state index is 12.6. The molecule has 0 aromatic heterocycles. The van der Waals surface area contributed by atoms with E-state index in [2.05, 4.69) is 0 Å². The van der Waals surface area contributed by atoms with Gasteiger partial charge in [-0.3, -0.25) is 5.41 Å². The van der Waals surface area contributed by atoms with Gasteiger partial charge in [0.15, 0.2) is 0 Å². The van der Waals surface area contributed by atoms with Gasteiger partial charge in [0, 0.05) is 13.1 Å². The number of nitrogens with two attached hydrogens (primary N) is 1. The molecule has 16 heavy (non-hydrogen) atoms. The highest BCUT2D eigenvalue weighted by atomic mass is 19.4. The molecule has 0 bridgehead atoms. The van der Waals surface area contributed by atoms with Crippen LogP contribution in [0.4, 0.5) is 13.2 Å². The summed E-state index contributed by atoms with van der Waals surface area (Å²) in [4.78, 5) is 1.73. The van der Waals surface area contributed by atoms with Gasteiger partial charge in [0.05, 0.1) is 0 Å². The normalized spacial score (nSPS) is 18.8. The Morgan fingerprint density at radius 3 is 2.38 bits per heavy atom. The van der Waals surface area contributed by atoms with Gasteiger partial charge >= 0.3 is 6.18 Å². The first-order valence-electron chi connectivity index (χ1n) is 5.47. The molecule has 1 aliphatic carbocycles. The van der Waals surface area contributed by atoms with E-state index in [0.717, 1.165) is 12.8 Å². The van der Waals surface area contributed by atoms with Gasteiger partial charge in [-0.25, -0.2) is 0 Å². The summed E-state index contributed by atoms with van der Waals surface area (Å²) < 4.78 is 37.7. The van der Waals surface area contributed by atoms with Gasteiger partial charge in [0.2, 0.25) is 0 Å². The summed E-state index contributed by atoms with van der Waals surface area (Å²) in [6.45, 7) is 2.90. The Labute approximate surface area is 93.3 Å². The summed E-state index contributed by atoms with van der Waals surface area (Å²) in [7, 11) is 0. The van der Waals surface area contributed by atoms with E-state index in [1.807, 2.05) is 6.92 Å². The summed E-state index contributed by atoms with van der Waals surface area (Å²) >= 11 is 0. The lowest BCUT2D eigenvalue weighted by atomic mass is 10.1. The average Bonchev–Trinajstić information content (AvgIpc) is 2.92. The van der Waals surface area contributed by atoms with E-state index in [-0.39, 0.29) is 6.54 Å². The van der Waals surface area contributed by atoms with E-state index in [0.29, 0.717) is 19.0 Å². The molecule has 1 saturated carbocycles. The first-order valence-corrected chi connectivity index (χ1v) is 5.47. The second-order valence-electron chi connectivity index (χ2n) is 4.35. The fraction of sp³-hybridized carbons (Fsp3) is 0.900. The summed E-state index contributed by atoms with van der Waals surface area (Å²) in [6, 6.07) is 0. The lowest BCUT2D eigenvalue weighted by Gasteiger charge is -2.27. The molecule has 1 aliphatic rings. The Balaban J connectivity index is 2.54. The molecule has 1 unspecified atom stereocenters. The molecule has 1 fully saturated rings. The summed E-state index contributed by atoms with van der Waals surface area (Å²) in [5, 5.41) is 7.00. The number of rotatable bonds is 6. The molecular formula is C10H18F3N3. The van der Waals surface area contributed by atoms with Crippen molar-refractivity contribution in [3.8, 4) is 0 Å². The van der Waals surface area contributed by atoms with Crippen LogP contribution in [-0.2, 0) is 0 Å². The zero-order valence-electron chi connectivity index (χ0n) is 9.35. The van der Waals surface area contributed by atoms with Gasteiger partial charge in [-0.1, -0.05) is 6.92 Å². The van der Waals surface area contributed by atoms with Crippen LogP contribution in [0.5, 0.6) is 0 Å². The van der Waals surface area contributed by atoms with Gasteiger partial charge in [0.25, 0.3) is 0 Å². The quantitative estimate of drug-likeness (QED) is 0.547. The summed E-state index contributed by atoms with van der Waals surface area (Å²) in [6.07, 6.45) is -2.21. The van der Waals surface area contributed by atoms with Crippen molar-refractivity contribution in [2.75, 3.05) is 19.6 Å². The van der Waals surface area contributed by atoms with E-state index in [1.54, 1.807) is 4.90 Å². The third kappa shape index (κ3) is 4.00. The molecule has 1 rings (SSSR count). The largest absolute Gasteiger partial charge is 0.399 e. The van der Waals surface area contributed by atoms with E-state index >= 15 is 0 Å². The van der Waals surface area contributed by atoms with Crippen LogP contribution in [0, 0.1) is 17.2 Å². The topological polar surface area (TPSA) is 53.1 Å². The Hall–Kier alpha value is -0.780. The van der Waals surface area contributed by atoms with E-state index in [9.17, 15) is 13.2 Å². The molecule has 0 amide bonds. The lowest BCUT2D eigenvalue weighted by Crippen LogP contribution is -2.44. The molecule has 3 nitrogen and oxygen atoms in total. The minimum atomic E-state index is -4.41. The van der Waals surface area contributed by atoms with E-state index in [4.69, 9.17) is 11.1 Å². The lowest BCUT2D eigenvalue weighted by molar-refractivity contribution is -0.160. The highest BCUT2D eigenvalue weighted by Gasteiger charge is 2.43. The molecule has 0 heterocycles. The van der Waals surface area contributed by atoms with Crippen molar-refractivity contribution in [1.29, 1.82) is 5.41 Å². The molecule has 0 aromatic carbocycles. The molecule has 0 aromatic rings. The summed E-state index contributed by atoms with van der Waals surface area (Å²) in [5.41, 5.74) is 5.01. The van der Waals surface area contributed by atoms with Crippen LogP contribution in [0.2, 0.25) is 0 Å². The van der Waals surface area contributed by atoms with Crippen molar-refractivity contribution < 1.29 is 13.2 Å². The van der Waals surface area contributed by atoms with Crippen LogP contribution in [0.1, 0.15) is 19.8 Å². The van der Waals surface area contributed by atoms with Crippen molar-refractivity contribution in [2.45, 2.75) is 25.9 Å². The number of alkyl halides is 3. The molecule has 0 aliphatic heterocycles. The second-order valence-corrected chi connectivity index (χ2v) is 4.35. The van der Waals surface area contributed by atoms with Gasteiger partial charge in [-0.15, -0.1) is 0 Å². The maximum atomic E-state index is 12.6. The predicted molar refractivity (Wildman–Crippen MR) is 56.3 cm³/mol. The first kappa shape index (κ1) is 13.3. The van der Waals surface area contributed by atoms with E-state index < -0.39 is 17.9 Å². The molecular weight excluding hydrogens is 219 g/mol. The number of halogens is 3. The number of amidine groups is 1. The van der Waals surface area contributed by atoms with Crippen LogP contribution < -0.4 is 5.73 Å². The number of nitrogens with one attached hydrogen (secondary N) is 1. The summed E-state index contributed by atoms with van der Waals surface area (Å²) in [5.74, 6) is -2.08. The maximum Gasteiger partial charge on any atom is 0.399 e. The molecule has 6 heteroatoms. The van der Waals surface area contributed by atoms with Crippen LogP contribution in [0.15, 0.2) is 0 Å². The van der Waals surface area contributed by atoms with Gasteiger partial charge in [0.1, 0.15) is 11.8 Å². The van der Waals surface area contributed by atoms with Gasteiger partial charge < -0.3 is 10.6 Å². The fourth-order valence-corrected chi connectivity index (χ4v) is 1.63. The Morgan fingerprint density at radius 1 is 1.50 bits per heavy atom. The standard InChI is InChI=1S/C10H18F3N3/c1-2-16(5-7-3-4-7)6-8(9(14)15)10(11,12)13/h7-8H,2-6H2,1H3,(H3,14,15). The second kappa shape index (κ2) is 5.03. The third-order valence-electron chi connectivity index (χ3n) is 2.87. The third-order valence-corrected chi connectivity index (χ3v) is 2.87. The zero-order valence-corrected chi connectivity index (χ0v) is 9.35. The van der Waals surface area contributed by atoms with Gasteiger partial charge in [-0.2, -0.15) is 13.2 Å². The Bertz CT molecular complexity index is 248. The van der Waals surface area contributed by atoms with Crippen molar-refractivity contribution in [3.05, 3.63) is 0 Å². The minimum Gasteiger partial charge on any atom is -0.387 e. The predicted octanol–water partition coefficient (Wildman–Crippen LogP) is 1.83. The molecule has 1 atom stereocenters. The van der Waals surface area contributed by atoms with Crippen molar-refractivity contribution in [1.82, 2.24) is 4.90 Å². The monoisotopic (exact) mass is 237 g/mol. The number of hydrogen-bond acceptors (Lipinski definition) is 2. The molecule has 94 valence electrons. The van der Waals surface area contributed by atoms with Crippen molar-refractivity contribution in [3.63, 3.8) is 0 Å². The van der Waals surface area contributed by atoms with E-state index in [1.165, 1.54) is 0 Å². The number of nitrogens with zero attached hydrogens (tertiary/aromatic N) is 1. The SMILES string of the molecule is CCN(CC1CC1)CC(C(=N)N)C(F)(F)F. The molecule has 0 radical (unpaired) electrons. The first-order chi connectivity index (χ1) is 7.34. The highest BCUT2D eigenvalue weighted by Crippen LogP contribution is 2.31. The smallest absolute Gasteiger partial charge is 0.387 e. The fourth-order valence-electron chi connectivity index (χ4n) is 1.63. The Kier molecular flexibility index (Phi) is 4.18. The van der Waals surface area contributed by atoms with Gasteiger partial charge in [-0.05, 0) is 25.3 Å². The van der Waals surface area contributed by atoms with Crippen LogP contribution in [0.3, 0.4) is 0 Å². The number of hydrogen-bond donors (Lipinski definition) is 2. The zero-order chi connectivity index (χ0) is 12.3. The van der Waals surface area contributed by atoms with Crippen LogP contribution in [0.25, 0.3) is 0 Å². The highest BCUT2D eigenvalue weighted by molar-refractivity contribution is 5.80. The van der Waals surface area contributed by atoms with Crippen molar-refractivity contribution >= 4 is 5.84 Å². The minimum absolute atomic E-state index is 0.189. The Morgan fingerprint density at radius 2 is 2.06 bits per heavy atom. The molecule has 3 N–H and O–H groups in total. The molecule has 0 spiro atoms. The molecule has 0 saturated heterocycles. The van der Waals surface area contributed by atoms with Crippen LogP contribution in [-0.4, -0.2) is 36.5 Å². The average molecular weight is 237 g/mol. The van der Waals surface area contributed by atoms with Crippen LogP contribution >= 0.6 is 0 Å². The van der Waals surface area contributed by atoms with Crippen molar-refractivity contribution in [2.24, 2.45) is 17.6 Å².